The molecule has 1 aromatic carbocycles. The summed E-state index contributed by atoms with van der Waals surface area (Å²) in [5, 5.41) is 19.5. The summed E-state index contributed by atoms with van der Waals surface area (Å²) >= 11 is 0. The first kappa shape index (κ1) is 21.2. The van der Waals surface area contributed by atoms with Crippen LogP contribution in [0.3, 0.4) is 0 Å². The van der Waals surface area contributed by atoms with Gasteiger partial charge in [-0.05, 0) is 90.8 Å². The Bertz CT molecular complexity index is 1280. The van der Waals surface area contributed by atoms with E-state index in [1.807, 2.05) is 12.1 Å². The lowest BCUT2D eigenvalue weighted by Crippen LogP contribution is -2.23. The molecule has 2 fully saturated rings. The van der Waals surface area contributed by atoms with Crippen LogP contribution in [0.1, 0.15) is 48.4 Å². The number of halogens is 1. The first-order valence-corrected chi connectivity index (χ1v) is 11.4. The maximum atomic E-state index is 13.9. The lowest BCUT2D eigenvalue weighted by molar-refractivity contribution is -0.122. The van der Waals surface area contributed by atoms with Crippen LogP contribution >= 0.6 is 0 Å². The van der Waals surface area contributed by atoms with E-state index in [9.17, 15) is 14.4 Å². The Morgan fingerprint density at radius 1 is 1.06 bits per heavy atom. The van der Waals surface area contributed by atoms with Crippen molar-refractivity contribution in [2.24, 2.45) is 23.7 Å². The molecule has 33 heavy (non-hydrogen) atoms. The van der Waals surface area contributed by atoms with Crippen molar-refractivity contribution in [1.29, 1.82) is 10.5 Å². The minimum atomic E-state index is -0.611. The predicted octanol–water partition coefficient (Wildman–Crippen LogP) is 5.11. The summed E-state index contributed by atoms with van der Waals surface area (Å²) in [5.74, 6) is 0.476. The number of nitriles is 2. The van der Waals surface area contributed by atoms with E-state index in [1.165, 1.54) is 6.07 Å². The summed E-state index contributed by atoms with van der Waals surface area (Å²) in [6.07, 6.45) is 7.28. The van der Waals surface area contributed by atoms with Crippen molar-refractivity contribution in [3.8, 4) is 12.1 Å². The van der Waals surface area contributed by atoms with Crippen LogP contribution in [-0.2, 0) is 11.2 Å². The fourth-order valence-electron chi connectivity index (χ4n) is 6.03. The van der Waals surface area contributed by atoms with E-state index in [0.717, 1.165) is 47.7 Å². The van der Waals surface area contributed by atoms with Crippen molar-refractivity contribution < 1.29 is 9.18 Å². The van der Waals surface area contributed by atoms with Crippen molar-refractivity contribution in [2.45, 2.75) is 38.0 Å². The predicted molar refractivity (Wildman–Crippen MR) is 120 cm³/mol. The van der Waals surface area contributed by atoms with E-state index in [0.29, 0.717) is 23.4 Å². The summed E-state index contributed by atoms with van der Waals surface area (Å²) < 4.78 is 13.9. The number of aromatic nitrogens is 2. The van der Waals surface area contributed by atoms with Gasteiger partial charge in [-0.1, -0.05) is 6.07 Å². The van der Waals surface area contributed by atoms with Crippen LogP contribution in [0.15, 0.2) is 48.8 Å². The molecule has 2 aliphatic carbocycles. The zero-order valence-corrected chi connectivity index (χ0v) is 18.1. The molecule has 0 saturated heterocycles. The smallest absolute Gasteiger partial charge is 0.154 e. The van der Waals surface area contributed by atoms with Crippen LogP contribution < -0.4 is 0 Å². The number of hydrogen-bond acceptors (Lipinski definition) is 5. The second-order valence-electron chi connectivity index (χ2n) is 9.39. The number of benzene rings is 1. The van der Waals surface area contributed by atoms with Crippen molar-refractivity contribution in [1.82, 2.24) is 9.97 Å². The average Bonchev–Trinajstić information content (AvgIpc) is 3.39. The van der Waals surface area contributed by atoms with E-state index in [4.69, 9.17) is 5.26 Å². The number of pyridine rings is 2. The van der Waals surface area contributed by atoms with Crippen LogP contribution in [0.5, 0.6) is 0 Å². The molecule has 5 rings (SSSR count). The van der Waals surface area contributed by atoms with Crippen molar-refractivity contribution in [3.05, 3.63) is 71.4 Å². The average molecular weight is 439 g/mol. The van der Waals surface area contributed by atoms with Gasteiger partial charge in [0.25, 0.3) is 0 Å². The molecule has 0 spiro atoms. The van der Waals surface area contributed by atoms with E-state index < -0.39 is 5.92 Å². The van der Waals surface area contributed by atoms with E-state index >= 15 is 0 Å². The second kappa shape index (κ2) is 8.71. The molecule has 0 bridgehead atoms. The Kier molecular flexibility index (Phi) is 5.60. The Hall–Kier alpha value is -3.64. The molecule has 0 aliphatic heterocycles. The van der Waals surface area contributed by atoms with Gasteiger partial charge in [0.05, 0.1) is 11.6 Å². The molecule has 3 aromatic rings. The third kappa shape index (κ3) is 4.10. The highest BCUT2D eigenvalue weighted by Gasteiger charge is 2.45. The SMILES string of the molecule is N#Cc1ccc(CC(=O)C(C#N)C2C[C@H]3CC(c4ccnc5ccc(F)cc45)C[C@H]3C2)cn1. The number of carbonyl (C=O) groups is 1. The number of carbonyl (C=O) groups excluding carboxylic acids is 1. The first-order valence-electron chi connectivity index (χ1n) is 11.4. The number of nitrogens with zero attached hydrogens (tertiary/aromatic N) is 4. The Labute approximate surface area is 191 Å². The Morgan fingerprint density at radius 3 is 2.52 bits per heavy atom. The van der Waals surface area contributed by atoms with Crippen molar-refractivity contribution >= 4 is 16.7 Å². The molecule has 5 atom stereocenters. The lowest BCUT2D eigenvalue weighted by atomic mass is 9.83. The van der Waals surface area contributed by atoms with Gasteiger partial charge in [-0.3, -0.25) is 9.78 Å². The maximum Gasteiger partial charge on any atom is 0.154 e. The number of ketones is 1. The van der Waals surface area contributed by atoms with Gasteiger partial charge in [0, 0.05) is 24.2 Å². The van der Waals surface area contributed by atoms with Gasteiger partial charge >= 0.3 is 0 Å². The van der Waals surface area contributed by atoms with Gasteiger partial charge in [-0.25, -0.2) is 9.37 Å². The Morgan fingerprint density at radius 2 is 1.85 bits per heavy atom. The summed E-state index contributed by atoms with van der Waals surface area (Å²) in [7, 11) is 0. The maximum absolute atomic E-state index is 13.9. The third-order valence-corrected chi connectivity index (χ3v) is 7.50. The van der Waals surface area contributed by atoms with Crippen molar-refractivity contribution in [2.75, 3.05) is 0 Å². The number of fused-ring (bicyclic) bond motifs is 2. The molecule has 2 aromatic heterocycles. The minimum absolute atomic E-state index is 0.0684. The van der Waals surface area contributed by atoms with E-state index in [1.54, 1.807) is 36.7 Å². The first-order chi connectivity index (χ1) is 16.1. The van der Waals surface area contributed by atoms with Gasteiger partial charge in [-0.2, -0.15) is 10.5 Å². The number of Topliss-reactive ketones (excluding diaryl/α,β-unsaturated/α-hetero) is 1. The summed E-state index contributed by atoms with van der Waals surface area (Å²) in [5.41, 5.74) is 3.02. The minimum Gasteiger partial charge on any atom is -0.298 e. The van der Waals surface area contributed by atoms with Gasteiger partial charge in [0.15, 0.2) is 5.78 Å². The van der Waals surface area contributed by atoms with Crippen LogP contribution in [-0.4, -0.2) is 15.8 Å². The van der Waals surface area contributed by atoms with Crippen molar-refractivity contribution in [3.63, 3.8) is 0 Å². The molecule has 0 N–H and O–H groups in total. The molecule has 164 valence electrons. The molecule has 2 saturated carbocycles. The van der Waals surface area contributed by atoms with Crippen LogP contribution in [0.25, 0.3) is 10.9 Å². The highest BCUT2D eigenvalue weighted by molar-refractivity contribution is 5.85. The van der Waals surface area contributed by atoms with Crippen LogP contribution in [0, 0.1) is 52.2 Å². The van der Waals surface area contributed by atoms with Gasteiger partial charge in [0.1, 0.15) is 23.5 Å². The fraction of sp³-hybridized carbons (Fsp3) is 0.370. The van der Waals surface area contributed by atoms with Gasteiger partial charge in [-0.15, -0.1) is 0 Å². The van der Waals surface area contributed by atoms with E-state index in [2.05, 4.69) is 16.0 Å². The standard InChI is InChI=1S/C27H23FN4O/c28-21-2-4-26-24(12-21)23(5-6-31-26)19-8-17-10-20(11-18(17)9-19)25(14-30)27(33)7-16-1-3-22(13-29)32-15-16/h1-6,12,15,17-20,25H,7-11H2/t17-,18+,19?,20?,25?. The van der Waals surface area contributed by atoms with Crippen LogP contribution in [0.4, 0.5) is 4.39 Å². The molecule has 0 amide bonds. The van der Waals surface area contributed by atoms with E-state index in [-0.39, 0.29) is 23.9 Å². The monoisotopic (exact) mass is 438 g/mol. The highest BCUT2D eigenvalue weighted by atomic mass is 19.1. The lowest BCUT2D eigenvalue weighted by Gasteiger charge is -2.19. The zero-order chi connectivity index (χ0) is 22.9. The number of rotatable bonds is 5. The summed E-state index contributed by atoms with van der Waals surface area (Å²) in [6.45, 7) is 0. The second-order valence-corrected chi connectivity index (χ2v) is 9.39. The summed E-state index contributed by atoms with van der Waals surface area (Å²) in [6, 6.07) is 14.3. The molecule has 2 aliphatic rings. The molecule has 2 heterocycles. The third-order valence-electron chi connectivity index (χ3n) is 7.50. The highest BCUT2D eigenvalue weighted by Crippen LogP contribution is 2.54. The normalized spacial score (nSPS) is 24.7. The largest absolute Gasteiger partial charge is 0.298 e. The van der Waals surface area contributed by atoms with Gasteiger partial charge < -0.3 is 0 Å². The molecule has 5 nitrogen and oxygen atoms in total. The number of hydrogen-bond donors (Lipinski definition) is 0. The molecule has 3 unspecified atom stereocenters. The molecular formula is C27H23FN4O. The molecule has 6 heteroatoms. The zero-order valence-electron chi connectivity index (χ0n) is 18.1. The molecular weight excluding hydrogens is 415 g/mol. The fourth-order valence-corrected chi connectivity index (χ4v) is 6.03. The van der Waals surface area contributed by atoms with Gasteiger partial charge in [0.2, 0.25) is 0 Å². The quantitative estimate of drug-likeness (QED) is 0.552. The topological polar surface area (TPSA) is 90.4 Å². The van der Waals surface area contributed by atoms with Crippen LogP contribution in [0.2, 0.25) is 0 Å². The molecule has 0 radical (unpaired) electrons. The summed E-state index contributed by atoms with van der Waals surface area (Å²) in [4.78, 5) is 21.3. The Balaban J connectivity index is 1.26.